The first kappa shape index (κ1) is 24.9. The zero-order valence-electron chi connectivity index (χ0n) is 16.9. The van der Waals surface area contributed by atoms with Crippen LogP contribution in [-0.2, 0) is 4.74 Å². The molecule has 6 heteroatoms. The molecule has 150 valence electrons. The average molecular weight is 468 g/mol. The first-order valence-electron chi connectivity index (χ1n) is 9.90. The van der Waals surface area contributed by atoms with E-state index in [-0.39, 0.29) is 24.0 Å². The fourth-order valence-corrected chi connectivity index (χ4v) is 3.19. The third kappa shape index (κ3) is 12.8. The number of likely N-dealkylation sites (tertiary alicyclic amines) is 1. The van der Waals surface area contributed by atoms with Crippen molar-refractivity contribution in [3.05, 3.63) is 0 Å². The lowest BCUT2D eigenvalue weighted by Crippen LogP contribution is -2.45. The molecule has 0 amide bonds. The Morgan fingerprint density at radius 2 is 2.00 bits per heavy atom. The van der Waals surface area contributed by atoms with Gasteiger partial charge in [-0.25, -0.2) is 0 Å². The molecule has 0 aliphatic carbocycles. The van der Waals surface area contributed by atoms with Crippen LogP contribution in [0.25, 0.3) is 0 Å². The molecule has 1 saturated heterocycles. The maximum Gasteiger partial charge on any atom is 0.190 e. The second-order valence-electron chi connectivity index (χ2n) is 7.36. The summed E-state index contributed by atoms with van der Waals surface area (Å²) in [6, 6.07) is 0. The summed E-state index contributed by atoms with van der Waals surface area (Å²) in [5.41, 5.74) is 0. The molecule has 0 aromatic rings. The molecule has 0 radical (unpaired) electrons. The van der Waals surface area contributed by atoms with Crippen molar-refractivity contribution in [2.45, 2.75) is 52.9 Å². The molecule has 0 bridgehead atoms. The standard InChI is InChI=1S/C19H40N4O.HI/c1-5-6-12-24-13-8-10-21-19(20-4)22-14-18-9-7-11-23(16-18)15-17(2)3;/h17-18H,5-16H2,1-4H3,(H2,20,21,22);1H. The summed E-state index contributed by atoms with van der Waals surface area (Å²) >= 11 is 0. The van der Waals surface area contributed by atoms with E-state index in [9.17, 15) is 0 Å². The van der Waals surface area contributed by atoms with Gasteiger partial charge in [0, 0.05) is 46.4 Å². The van der Waals surface area contributed by atoms with E-state index >= 15 is 0 Å². The highest BCUT2D eigenvalue weighted by Gasteiger charge is 2.20. The summed E-state index contributed by atoms with van der Waals surface area (Å²) in [5, 5.41) is 6.88. The molecule has 2 N–H and O–H groups in total. The second-order valence-corrected chi connectivity index (χ2v) is 7.36. The van der Waals surface area contributed by atoms with E-state index in [1.54, 1.807) is 0 Å². The molecule has 1 rings (SSSR count). The molecular formula is C19H41IN4O. The molecule has 1 aliphatic rings. The van der Waals surface area contributed by atoms with E-state index in [1.807, 2.05) is 7.05 Å². The Hall–Kier alpha value is -0.0800. The summed E-state index contributed by atoms with van der Waals surface area (Å²) in [4.78, 5) is 6.94. The van der Waals surface area contributed by atoms with Gasteiger partial charge in [0.2, 0.25) is 0 Å². The Kier molecular flexibility index (Phi) is 16.1. The lowest BCUT2D eigenvalue weighted by molar-refractivity contribution is 0.129. The Labute approximate surface area is 172 Å². The summed E-state index contributed by atoms with van der Waals surface area (Å²) in [6.07, 6.45) is 6.02. The number of piperidine rings is 1. The summed E-state index contributed by atoms with van der Waals surface area (Å²) in [6.45, 7) is 14.1. The molecule has 0 saturated carbocycles. The van der Waals surface area contributed by atoms with Crippen molar-refractivity contribution < 1.29 is 4.74 Å². The van der Waals surface area contributed by atoms with Gasteiger partial charge in [0.1, 0.15) is 0 Å². The minimum absolute atomic E-state index is 0. The third-order valence-electron chi connectivity index (χ3n) is 4.41. The third-order valence-corrected chi connectivity index (χ3v) is 4.41. The maximum absolute atomic E-state index is 5.58. The van der Waals surface area contributed by atoms with Crippen LogP contribution in [0, 0.1) is 11.8 Å². The summed E-state index contributed by atoms with van der Waals surface area (Å²) < 4.78 is 5.58. The number of hydrogen-bond donors (Lipinski definition) is 2. The second kappa shape index (κ2) is 16.1. The van der Waals surface area contributed by atoms with Gasteiger partial charge < -0.3 is 20.3 Å². The lowest BCUT2D eigenvalue weighted by Gasteiger charge is -2.34. The van der Waals surface area contributed by atoms with Crippen LogP contribution in [0.1, 0.15) is 52.9 Å². The SMILES string of the molecule is CCCCOCCCNC(=NC)NCC1CCCN(CC(C)C)C1.I. The zero-order chi connectivity index (χ0) is 17.6. The molecule has 1 heterocycles. The van der Waals surface area contributed by atoms with Gasteiger partial charge in [-0.15, -0.1) is 24.0 Å². The van der Waals surface area contributed by atoms with Gasteiger partial charge in [-0.1, -0.05) is 27.2 Å². The van der Waals surface area contributed by atoms with Crippen molar-refractivity contribution in [1.82, 2.24) is 15.5 Å². The molecule has 1 unspecified atom stereocenters. The van der Waals surface area contributed by atoms with E-state index < -0.39 is 0 Å². The van der Waals surface area contributed by atoms with Crippen LogP contribution in [0.15, 0.2) is 4.99 Å². The van der Waals surface area contributed by atoms with E-state index in [0.717, 1.165) is 56.9 Å². The molecule has 1 atom stereocenters. The van der Waals surface area contributed by atoms with Gasteiger partial charge in [-0.2, -0.15) is 0 Å². The van der Waals surface area contributed by atoms with Gasteiger partial charge in [-0.05, 0) is 44.1 Å². The Bertz CT molecular complexity index is 339. The predicted molar refractivity (Wildman–Crippen MR) is 119 cm³/mol. The number of nitrogens with one attached hydrogen (secondary N) is 2. The Morgan fingerprint density at radius 1 is 1.24 bits per heavy atom. The van der Waals surface area contributed by atoms with Gasteiger partial charge in [0.25, 0.3) is 0 Å². The Morgan fingerprint density at radius 3 is 2.68 bits per heavy atom. The highest BCUT2D eigenvalue weighted by molar-refractivity contribution is 14.0. The van der Waals surface area contributed by atoms with Gasteiger partial charge in [0.15, 0.2) is 5.96 Å². The van der Waals surface area contributed by atoms with Crippen LogP contribution in [0.3, 0.4) is 0 Å². The van der Waals surface area contributed by atoms with E-state index in [0.29, 0.717) is 0 Å². The zero-order valence-corrected chi connectivity index (χ0v) is 19.2. The minimum Gasteiger partial charge on any atom is -0.381 e. The number of guanidine groups is 1. The van der Waals surface area contributed by atoms with E-state index in [4.69, 9.17) is 4.74 Å². The number of nitrogens with zero attached hydrogens (tertiary/aromatic N) is 2. The monoisotopic (exact) mass is 468 g/mol. The van der Waals surface area contributed by atoms with Crippen LogP contribution in [0.4, 0.5) is 0 Å². The van der Waals surface area contributed by atoms with Crippen LogP contribution in [0.5, 0.6) is 0 Å². The summed E-state index contributed by atoms with van der Waals surface area (Å²) in [7, 11) is 1.85. The fourth-order valence-electron chi connectivity index (χ4n) is 3.19. The van der Waals surface area contributed by atoms with Crippen LogP contribution < -0.4 is 10.6 Å². The normalized spacial score (nSPS) is 18.9. The maximum atomic E-state index is 5.58. The van der Waals surface area contributed by atoms with Crippen LogP contribution in [0.2, 0.25) is 0 Å². The van der Waals surface area contributed by atoms with Gasteiger partial charge in [0.05, 0.1) is 0 Å². The molecule has 25 heavy (non-hydrogen) atoms. The first-order chi connectivity index (χ1) is 11.7. The van der Waals surface area contributed by atoms with E-state index in [1.165, 1.54) is 38.9 Å². The Balaban J connectivity index is 0.00000576. The molecule has 1 aliphatic heterocycles. The highest BCUT2D eigenvalue weighted by Crippen LogP contribution is 2.16. The number of rotatable bonds is 11. The lowest BCUT2D eigenvalue weighted by atomic mass is 9.97. The molecule has 1 fully saturated rings. The van der Waals surface area contributed by atoms with Crippen molar-refractivity contribution >= 4 is 29.9 Å². The number of ether oxygens (including phenoxy) is 1. The molecular weight excluding hydrogens is 427 g/mol. The van der Waals surface area contributed by atoms with Crippen molar-refractivity contribution in [3.63, 3.8) is 0 Å². The van der Waals surface area contributed by atoms with Gasteiger partial charge in [-0.3, -0.25) is 4.99 Å². The van der Waals surface area contributed by atoms with Crippen LogP contribution >= 0.6 is 24.0 Å². The molecule has 0 aromatic heterocycles. The minimum atomic E-state index is 0. The molecule has 0 aromatic carbocycles. The highest BCUT2D eigenvalue weighted by atomic mass is 127. The van der Waals surface area contributed by atoms with Crippen molar-refractivity contribution in [2.75, 3.05) is 53.0 Å². The molecule has 5 nitrogen and oxygen atoms in total. The predicted octanol–water partition coefficient (Wildman–Crippen LogP) is 3.34. The van der Waals surface area contributed by atoms with Crippen molar-refractivity contribution in [2.24, 2.45) is 16.8 Å². The topological polar surface area (TPSA) is 48.9 Å². The van der Waals surface area contributed by atoms with Crippen LogP contribution in [-0.4, -0.2) is 63.8 Å². The number of aliphatic imine (C=N–C) groups is 1. The molecule has 0 spiro atoms. The van der Waals surface area contributed by atoms with Crippen molar-refractivity contribution in [1.29, 1.82) is 0 Å². The largest absolute Gasteiger partial charge is 0.381 e. The fraction of sp³-hybridized carbons (Fsp3) is 0.947. The number of hydrogen-bond acceptors (Lipinski definition) is 3. The average Bonchev–Trinajstić information content (AvgIpc) is 2.56. The first-order valence-corrected chi connectivity index (χ1v) is 9.90. The number of unbranched alkanes of at least 4 members (excludes halogenated alkanes) is 1. The summed E-state index contributed by atoms with van der Waals surface area (Å²) in [5.74, 6) is 2.41. The van der Waals surface area contributed by atoms with Crippen molar-refractivity contribution in [3.8, 4) is 0 Å². The van der Waals surface area contributed by atoms with E-state index in [2.05, 4.69) is 41.3 Å². The number of halogens is 1. The quantitative estimate of drug-likeness (QED) is 0.211. The smallest absolute Gasteiger partial charge is 0.190 e. The van der Waals surface area contributed by atoms with Gasteiger partial charge >= 0.3 is 0 Å².